The van der Waals surface area contributed by atoms with Crippen LogP contribution >= 0.6 is 0 Å². The van der Waals surface area contributed by atoms with Crippen LogP contribution in [0, 0.1) is 0 Å². The van der Waals surface area contributed by atoms with Gasteiger partial charge in [0.1, 0.15) is 0 Å². The van der Waals surface area contributed by atoms with Crippen LogP contribution < -0.4 is 0 Å². The van der Waals surface area contributed by atoms with E-state index in [2.05, 4.69) is 43.0 Å². The van der Waals surface area contributed by atoms with Crippen molar-refractivity contribution < 1.29 is 4.79 Å². The number of carbonyl (C=O) groups excluding carboxylic acids is 1. The number of hydrogen-bond donors (Lipinski definition) is 0. The Labute approximate surface area is 116 Å². The van der Waals surface area contributed by atoms with E-state index in [0.717, 1.165) is 38.0 Å². The molecule has 0 aliphatic carbocycles. The number of benzene rings is 1. The number of ketones is 1. The number of hydrogen-bond acceptors (Lipinski definition) is 3. The maximum atomic E-state index is 12.6. The van der Waals surface area contributed by atoms with Crippen molar-refractivity contribution in [3.8, 4) is 0 Å². The largest absolute Gasteiger partial charge is 0.304 e. The van der Waals surface area contributed by atoms with E-state index in [-0.39, 0.29) is 11.8 Å². The first kappa shape index (κ1) is 14.2. The summed E-state index contributed by atoms with van der Waals surface area (Å²) in [6, 6.07) is 8.06. The van der Waals surface area contributed by atoms with Gasteiger partial charge in [0.05, 0.1) is 6.04 Å². The highest BCUT2D eigenvalue weighted by Gasteiger charge is 2.27. The van der Waals surface area contributed by atoms with Crippen LogP contribution in [0.25, 0.3) is 0 Å². The smallest absolute Gasteiger partial charge is 0.181 e. The Bertz CT molecular complexity index is 427. The molecule has 3 nitrogen and oxygen atoms in total. The van der Waals surface area contributed by atoms with Crippen molar-refractivity contribution in [2.75, 3.05) is 33.7 Å². The van der Waals surface area contributed by atoms with Gasteiger partial charge < -0.3 is 4.90 Å². The zero-order valence-electron chi connectivity index (χ0n) is 12.2. The molecule has 1 aromatic rings. The lowest BCUT2D eigenvalue weighted by Gasteiger charge is -2.26. The summed E-state index contributed by atoms with van der Waals surface area (Å²) in [5.41, 5.74) is 2.12. The van der Waals surface area contributed by atoms with E-state index in [9.17, 15) is 4.79 Å². The molecule has 104 valence electrons. The maximum Gasteiger partial charge on any atom is 0.181 e. The minimum absolute atomic E-state index is 0.0139. The lowest BCUT2D eigenvalue weighted by Crippen LogP contribution is -2.43. The summed E-state index contributed by atoms with van der Waals surface area (Å²) in [7, 11) is 4.15. The van der Waals surface area contributed by atoms with Crippen molar-refractivity contribution >= 4 is 5.78 Å². The molecule has 0 saturated carbocycles. The fraction of sp³-hybridized carbons (Fsp3) is 0.562. The van der Waals surface area contributed by atoms with Gasteiger partial charge in [0.25, 0.3) is 0 Å². The van der Waals surface area contributed by atoms with Crippen molar-refractivity contribution in [2.24, 2.45) is 0 Å². The Balaban J connectivity index is 2.15. The van der Waals surface area contributed by atoms with Crippen molar-refractivity contribution in [3.05, 3.63) is 35.4 Å². The van der Waals surface area contributed by atoms with Crippen LogP contribution in [-0.4, -0.2) is 55.4 Å². The lowest BCUT2D eigenvalue weighted by molar-refractivity contribution is 0.0839. The summed E-state index contributed by atoms with van der Waals surface area (Å²) in [5, 5.41) is 0. The van der Waals surface area contributed by atoms with Gasteiger partial charge in [-0.15, -0.1) is 0 Å². The number of carbonyl (C=O) groups is 1. The second-order valence-corrected chi connectivity index (χ2v) is 5.53. The molecule has 1 atom stereocenters. The predicted octanol–water partition coefficient (Wildman–Crippen LogP) is 2.07. The summed E-state index contributed by atoms with van der Waals surface area (Å²) in [6.07, 6.45) is 2.14. The fourth-order valence-electron chi connectivity index (χ4n) is 2.65. The molecule has 0 bridgehead atoms. The zero-order valence-corrected chi connectivity index (χ0v) is 12.2. The molecule has 1 fully saturated rings. The molecule has 1 saturated heterocycles. The quantitative estimate of drug-likeness (QED) is 0.777. The van der Waals surface area contributed by atoms with Gasteiger partial charge >= 0.3 is 0 Å². The third kappa shape index (κ3) is 3.43. The molecule has 3 heteroatoms. The molecule has 1 unspecified atom stereocenters. The minimum atomic E-state index is -0.0139. The highest BCUT2D eigenvalue weighted by atomic mass is 16.1. The van der Waals surface area contributed by atoms with E-state index in [0.29, 0.717) is 0 Å². The van der Waals surface area contributed by atoms with E-state index >= 15 is 0 Å². The molecule has 0 radical (unpaired) electrons. The number of likely N-dealkylation sites (N-methyl/N-ethyl adjacent to an activating group) is 2. The van der Waals surface area contributed by atoms with Gasteiger partial charge in [0.2, 0.25) is 0 Å². The first-order valence-corrected chi connectivity index (χ1v) is 7.13. The van der Waals surface area contributed by atoms with Crippen molar-refractivity contribution in [1.82, 2.24) is 9.80 Å². The monoisotopic (exact) mass is 260 g/mol. The maximum absolute atomic E-state index is 12.6. The second kappa shape index (κ2) is 6.31. The van der Waals surface area contributed by atoms with Gasteiger partial charge in [-0.05, 0) is 45.6 Å². The Hall–Kier alpha value is -1.19. The number of rotatable bonds is 3. The van der Waals surface area contributed by atoms with Gasteiger partial charge in [-0.1, -0.05) is 31.2 Å². The molecular weight excluding hydrogens is 236 g/mol. The molecule has 0 aromatic heterocycles. The third-order valence-electron chi connectivity index (χ3n) is 4.02. The van der Waals surface area contributed by atoms with Gasteiger partial charge in [0, 0.05) is 12.1 Å². The first-order chi connectivity index (χ1) is 9.11. The Morgan fingerprint density at radius 2 is 1.89 bits per heavy atom. The second-order valence-electron chi connectivity index (χ2n) is 5.53. The highest BCUT2D eigenvalue weighted by molar-refractivity contribution is 6.00. The molecule has 1 aromatic carbocycles. The molecule has 1 aliphatic rings. The normalized spacial score (nSPS) is 22.2. The Kier molecular flexibility index (Phi) is 4.72. The van der Waals surface area contributed by atoms with Crippen molar-refractivity contribution in [1.29, 1.82) is 0 Å². The van der Waals surface area contributed by atoms with Crippen LogP contribution in [0.3, 0.4) is 0 Å². The lowest BCUT2D eigenvalue weighted by atomic mass is 10.0. The average Bonchev–Trinajstić information content (AvgIpc) is 2.60. The van der Waals surface area contributed by atoms with Crippen molar-refractivity contribution in [3.63, 3.8) is 0 Å². The van der Waals surface area contributed by atoms with Crippen LogP contribution in [-0.2, 0) is 6.42 Å². The molecule has 0 N–H and O–H groups in total. The Morgan fingerprint density at radius 3 is 2.53 bits per heavy atom. The van der Waals surface area contributed by atoms with Crippen LogP contribution in [0.1, 0.15) is 29.3 Å². The molecule has 1 heterocycles. The number of nitrogens with zero attached hydrogens (tertiary/aromatic N) is 2. The van der Waals surface area contributed by atoms with E-state index in [1.165, 1.54) is 5.56 Å². The fourth-order valence-corrected chi connectivity index (χ4v) is 2.65. The van der Waals surface area contributed by atoms with Crippen molar-refractivity contribution in [2.45, 2.75) is 25.8 Å². The van der Waals surface area contributed by atoms with Crippen LogP contribution in [0.4, 0.5) is 0 Å². The summed E-state index contributed by atoms with van der Waals surface area (Å²) in [5.74, 6) is 0.249. The van der Waals surface area contributed by atoms with E-state index in [1.54, 1.807) is 0 Å². The van der Waals surface area contributed by atoms with Crippen LogP contribution in [0.2, 0.25) is 0 Å². The molecule has 0 amide bonds. The molecular formula is C16H24N2O. The highest BCUT2D eigenvalue weighted by Crippen LogP contribution is 2.14. The molecule has 1 aliphatic heterocycles. The van der Waals surface area contributed by atoms with E-state index < -0.39 is 0 Å². The summed E-state index contributed by atoms with van der Waals surface area (Å²) in [4.78, 5) is 17.1. The standard InChI is InChI=1S/C16H24N2O/c1-4-13-6-8-14(9-7-13)16(19)15-12-17(2)10-5-11-18(15)3/h6-9,15H,4-5,10-12H2,1-3H3. The first-order valence-electron chi connectivity index (χ1n) is 7.13. The molecule has 19 heavy (non-hydrogen) atoms. The average molecular weight is 260 g/mol. The van der Waals surface area contributed by atoms with Gasteiger partial charge in [-0.2, -0.15) is 0 Å². The molecule has 2 rings (SSSR count). The molecule has 0 spiro atoms. The predicted molar refractivity (Wildman–Crippen MR) is 78.7 cm³/mol. The summed E-state index contributed by atoms with van der Waals surface area (Å²) in [6.45, 7) is 5.02. The van der Waals surface area contributed by atoms with Gasteiger partial charge in [0.15, 0.2) is 5.78 Å². The third-order valence-corrected chi connectivity index (χ3v) is 4.02. The zero-order chi connectivity index (χ0) is 13.8. The van der Waals surface area contributed by atoms with Gasteiger partial charge in [-0.25, -0.2) is 0 Å². The number of aryl methyl sites for hydroxylation is 1. The summed E-state index contributed by atoms with van der Waals surface area (Å²) >= 11 is 0. The number of Topliss-reactive ketones (excluding diaryl/α,β-unsaturated/α-hetero) is 1. The minimum Gasteiger partial charge on any atom is -0.304 e. The van der Waals surface area contributed by atoms with Gasteiger partial charge in [-0.3, -0.25) is 9.69 Å². The topological polar surface area (TPSA) is 23.6 Å². The Morgan fingerprint density at radius 1 is 1.21 bits per heavy atom. The van der Waals surface area contributed by atoms with E-state index in [4.69, 9.17) is 0 Å². The van der Waals surface area contributed by atoms with Crippen LogP contribution in [0.15, 0.2) is 24.3 Å². The summed E-state index contributed by atoms with van der Waals surface area (Å²) < 4.78 is 0. The van der Waals surface area contributed by atoms with Crippen LogP contribution in [0.5, 0.6) is 0 Å². The SMILES string of the molecule is CCc1ccc(C(=O)C2CN(C)CCCN2C)cc1. The van der Waals surface area contributed by atoms with E-state index in [1.807, 2.05) is 12.1 Å².